The Balaban J connectivity index is 1.35. The fourth-order valence-electron chi connectivity index (χ4n) is 4.19. The Kier molecular flexibility index (Phi) is 8.21. The van der Waals surface area contributed by atoms with Gasteiger partial charge in [0.05, 0.1) is 7.11 Å². The molecule has 1 saturated heterocycles. The van der Waals surface area contributed by atoms with Crippen molar-refractivity contribution < 1.29 is 9.47 Å². The van der Waals surface area contributed by atoms with Crippen molar-refractivity contribution in [1.82, 2.24) is 10.2 Å². The predicted octanol–water partition coefficient (Wildman–Crippen LogP) is 5.79. The van der Waals surface area contributed by atoms with Crippen molar-refractivity contribution >= 4 is 15.9 Å². The lowest BCUT2D eigenvalue weighted by Gasteiger charge is -2.32. The summed E-state index contributed by atoms with van der Waals surface area (Å²) in [5.41, 5.74) is 3.64. The molecule has 1 heterocycles. The molecule has 4 rings (SSSR count). The Morgan fingerprint density at radius 1 is 0.938 bits per heavy atom. The summed E-state index contributed by atoms with van der Waals surface area (Å²) < 4.78 is 12.9. The fourth-order valence-corrected chi connectivity index (χ4v) is 4.67. The van der Waals surface area contributed by atoms with Crippen LogP contribution in [0.25, 0.3) is 0 Å². The van der Waals surface area contributed by atoms with Gasteiger partial charge in [0.2, 0.25) is 0 Å². The molecule has 3 aromatic rings. The Hall–Kier alpha value is -2.34. The first kappa shape index (κ1) is 22.8. The van der Waals surface area contributed by atoms with E-state index in [0.717, 1.165) is 66.1 Å². The van der Waals surface area contributed by atoms with Crippen LogP contribution in [0.1, 0.15) is 29.5 Å². The first-order chi connectivity index (χ1) is 15.7. The zero-order valence-electron chi connectivity index (χ0n) is 18.6. The van der Waals surface area contributed by atoms with Gasteiger partial charge in [0, 0.05) is 29.2 Å². The zero-order valence-corrected chi connectivity index (χ0v) is 20.2. The largest absolute Gasteiger partial charge is 0.493 e. The van der Waals surface area contributed by atoms with E-state index in [2.05, 4.69) is 74.7 Å². The highest BCUT2D eigenvalue weighted by Gasteiger charge is 2.20. The molecule has 4 nitrogen and oxygen atoms in total. The van der Waals surface area contributed by atoms with E-state index in [0.29, 0.717) is 12.6 Å². The summed E-state index contributed by atoms with van der Waals surface area (Å²) in [6, 6.07) is 25.6. The molecule has 0 bridgehead atoms. The molecule has 1 aliphatic heterocycles. The van der Waals surface area contributed by atoms with E-state index in [4.69, 9.17) is 9.47 Å². The number of nitrogens with one attached hydrogen (secondary N) is 1. The second kappa shape index (κ2) is 11.5. The van der Waals surface area contributed by atoms with Crippen LogP contribution in [-0.4, -0.2) is 31.1 Å². The van der Waals surface area contributed by atoms with Crippen LogP contribution in [0.15, 0.2) is 77.3 Å². The zero-order chi connectivity index (χ0) is 22.2. The Bertz CT molecular complexity index is 974. The molecular weight excluding hydrogens is 464 g/mol. The highest BCUT2D eigenvalue weighted by molar-refractivity contribution is 9.10. The lowest BCUT2D eigenvalue weighted by molar-refractivity contribution is 0.189. The summed E-state index contributed by atoms with van der Waals surface area (Å²) in [4.78, 5) is 2.55. The highest BCUT2D eigenvalue weighted by Crippen LogP contribution is 2.35. The molecule has 0 amide bonds. The van der Waals surface area contributed by atoms with Crippen LogP contribution in [0.5, 0.6) is 11.5 Å². The minimum absolute atomic E-state index is 0.508. The normalized spacial score (nSPS) is 14.9. The molecule has 0 aromatic heterocycles. The summed E-state index contributed by atoms with van der Waals surface area (Å²) in [7, 11) is 1.69. The maximum atomic E-state index is 6.23. The van der Waals surface area contributed by atoms with Crippen LogP contribution in [0, 0.1) is 0 Å². The van der Waals surface area contributed by atoms with E-state index < -0.39 is 0 Å². The van der Waals surface area contributed by atoms with Gasteiger partial charge in [0.15, 0.2) is 11.5 Å². The Labute approximate surface area is 199 Å². The van der Waals surface area contributed by atoms with E-state index in [1.165, 1.54) is 5.56 Å². The highest BCUT2D eigenvalue weighted by atomic mass is 79.9. The van der Waals surface area contributed by atoms with E-state index >= 15 is 0 Å². The molecule has 1 fully saturated rings. The van der Waals surface area contributed by atoms with Crippen molar-refractivity contribution in [2.75, 3.05) is 20.2 Å². The number of likely N-dealkylation sites (tertiary alicyclic amines) is 1. The summed E-state index contributed by atoms with van der Waals surface area (Å²) in [5, 5.41) is 3.76. The van der Waals surface area contributed by atoms with Crippen molar-refractivity contribution in [3.63, 3.8) is 0 Å². The first-order valence-electron chi connectivity index (χ1n) is 11.2. The monoisotopic (exact) mass is 494 g/mol. The first-order valence-corrected chi connectivity index (χ1v) is 12.0. The van der Waals surface area contributed by atoms with Gasteiger partial charge in [-0.1, -0.05) is 76.6 Å². The average molecular weight is 495 g/mol. The Morgan fingerprint density at radius 3 is 2.25 bits per heavy atom. The van der Waals surface area contributed by atoms with E-state index in [1.54, 1.807) is 7.11 Å². The van der Waals surface area contributed by atoms with Crippen molar-refractivity contribution in [3.8, 4) is 11.5 Å². The van der Waals surface area contributed by atoms with Gasteiger partial charge in [-0.25, -0.2) is 0 Å². The van der Waals surface area contributed by atoms with Gasteiger partial charge in [-0.2, -0.15) is 0 Å². The minimum atomic E-state index is 0.508. The third-order valence-electron chi connectivity index (χ3n) is 5.96. The number of benzene rings is 3. The second-order valence-electron chi connectivity index (χ2n) is 8.29. The van der Waals surface area contributed by atoms with Gasteiger partial charge in [0.1, 0.15) is 6.61 Å². The smallest absolute Gasteiger partial charge is 0.166 e. The molecule has 0 saturated carbocycles. The summed E-state index contributed by atoms with van der Waals surface area (Å²) in [6.07, 6.45) is 2.30. The third kappa shape index (κ3) is 6.35. The standard InChI is InChI=1S/C27H31BrN2O2/c1-31-26-17-24(28)16-23(27(26)32-20-22-10-6-3-7-11-22)18-29-25-12-14-30(15-13-25)19-21-8-4-2-5-9-21/h2-11,16-17,25,29H,12-15,18-20H2,1H3. The molecule has 168 valence electrons. The molecule has 0 spiro atoms. The molecule has 3 aromatic carbocycles. The predicted molar refractivity (Wildman–Crippen MR) is 133 cm³/mol. The van der Waals surface area contributed by atoms with Gasteiger partial charge in [-0.15, -0.1) is 0 Å². The van der Waals surface area contributed by atoms with Crippen molar-refractivity contribution in [1.29, 1.82) is 0 Å². The third-order valence-corrected chi connectivity index (χ3v) is 6.42. The molecule has 1 aliphatic rings. The lowest BCUT2D eigenvalue weighted by Crippen LogP contribution is -2.41. The summed E-state index contributed by atoms with van der Waals surface area (Å²) in [6.45, 7) is 4.54. The van der Waals surface area contributed by atoms with Crippen LogP contribution in [-0.2, 0) is 19.7 Å². The number of hydrogen-bond donors (Lipinski definition) is 1. The van der Waals surface area contributed by atoms with Crippen molar-refractivity contribution in [2.45, 2.75) is 38.6 Å². The van der Waals surface area contributed by atoms with Crippen LogP contribution >= 0.6 is 15.9 Å². The maximum absolute atomic E-state index is 6.23. The molecule has 0 atom stereocenters. The SMILES string of the molecule is COc1cc(Br)cc(CNC2CCN(Cc3ccccc3)CC2)c1OCc1ccccc1. The number of rotatable bonds is 9. The average Bonchev–Trinajstić information content (AvgIpc) is 2.84. The fraction of sp³-hybridized carbons (Fsp3) is 0.333. The van der Waals surface area contributed by atoms with E-state index in [1.807, 2.05) is 24.3 Å². The molecule has 0 unspecified atom stereocenters. The van der Waals surface area contributed by atoms with Crippen molar-refractivity contribution in [3.05, 3.63) is 94.0 Å². The van der Waals surface area contributed by atoms with Gasteiger partial charge in [-0.05, 0) is 49.2 Å². The second-order valence-corrected chi connectivity index (χ2v) is 9.20. The number of ether oxygens (including phenoxy) is 2. The maximum Gasteiger partial charge on any atom is 0.166 e. The molecule has 32 heavy (non-hydrogen) atoms. The molecule has 0 radical (unpaired) electrons. The summed E-state index contributed by atoms with van der Waals surface area (Å²) >= 11 is 3.62. The minimum Gasteiger partial charge on any atom is -0.493 e. The number of halogens is 1. The number of hydrogen-bond acceptors (Lipinski definition) is 4. The van der Waals surface area contributed by atoms with E-state index in [-0.39, 0.29) is 0 Å². The van der Waals surface area contributed by atoms with Crippen LogP contribution in [0.4, 0.5) is 0 Å². The van der Waals surface area contributed by atoms with E-state index in [9.17, 15) is 0 Å². The molecule has 0 aliphatic carbocycles. The van der Waals surface area contributed by atoms with Crippen LogP contribution in [0.2, 0.25) is 0 Å². The number of methoxy groups -OCH3 is 1. The van der Waals surface area contributed by atoms with Gasteiger partial charge >= 0.3 is 0 Å². The lowest BCUT2D eigenvalue weighted by atomic mass is 10.0. The molecule has 1 N–H and O–H groups in total. The summed E-state index contributed by atoms with van der Waals surface area (Å²) in [5.74, 6) is 1.57. The number of nitrogens with zero attached hydrogens (tertiary/aromatic N) is 1. The van der Waals surface area contributed by atoms with Gasteiger partial charge in [-0.3, -0.25) is 4.90 Å². The topological polar surface area (TPSA) is 33.7 Å². The van der Waals surface area contributed by atoms with Gasteiger partial charge in [0.25, 0.3) is 0 Å². The van der Waals surface area contributed by atoms with Gasteiger partial charge < -0.3 is 14.8 Å². The van der Waals surface area contributed by atoms with Crippen LogP contribution < -0.4 is 14.8 Å². The number of piperidine rings is 1. The molecular formula is C27H31BrN2O2. The quantitative estimate of drug-likeness (QED) is 0.408. The van der Waals surface area contributed by atoms with Crippen molar-refractivity contribution in [2.24, 2.45) is 0 Å². The Morgan fingerprint density at radius 2 is 1.59 bits per heavy atom. The molecule has 5 heteroatoms. The van der Waals surface area contributed by atoms with Crippen LogP contribution in [0.3, 0.4) is 0 Å².